The standard InChI is InChI=1S/C22H24N2O3/c1-2-16-3-8-20-17(15-27-21(20)13-16)14-22(26)24-11-9-23(10-12-24)18-4-6-19(25)7-5-18/h3-8,13,15,25H,2,9-12,14H2,1H3. The molecule has 0 unspecified atom stereocenters. The Bertz CT molecular complexity index is 938. The lowest BCUT2D eigenvalue weighted by Gasteiger charge is -2.36. The highest BCUT2D eigenvalue weighted by Gasteiger charge is 2.22. The molecule has 1 saturated heterocycles. The number of aryl methyl sites for hydroxylation is 1. The molecule has 0 bridgehead atoms. The topological polar surface area (TPSA) is 56.9 Å². The van der Waals surface area contributed by atoms with Crippen LogP contribution in [0.25, 0.3) is 11.0 Å². The van der Waals surface area contributed by atoms with Crippen molar-refractivity contribution in [2.75, 3.05) is 31.1 Å². The molecule has 0 spiro atoms. The van der Waals surface area contributed by atoms with Gasteiger partial charge in [-0.3, -0.25) is 4.79 Å². The summed E-state index contributed by atoms with van der Waals surface area (Å²) in [6, 6.07) is 13.4. The number of carbonyl (C=O) groups excluding carboxylic acids is 1. The fourth-order valence-electron chi connectivity index (χ4n) is 3.64. The van der Waals surface area contributed by atoms with Crippen LogP contribution in [0.15, 0.2) is 53.1 Å². The Morgan fingerprint density at radius 1 is 1.07 bits per heavy atom. The second-order valence-electron chi connectivity index (χ2n) is 7.01. The van der Waals surface area contributed by atoms with Gasteiger partial charge in [0.2, 0.25) is 5.91 Å². The van der Waals surface area contributed by atoms with Crippen molar-refractivity contribution >= 4 is 22.6 Å². The summed E-state index contributed by atoms with van der Waals surface area (Å²) in [5.41, 5.74) is 4.13. The first-order chi connectivity index (χ1) is 13.1. The van der Waals surface area contributed by atoms with Gasteiger partial charge in [0, 0.05) is 42.8 Å². The van der Waals surface area contributed by atoms with E-state index < -0.39 is 0 Å². The summed E-state index contributed by atoms with van der Waals surface area (Å²) >= 11 is 0. The molecule has 4 rings (SSSR count). The number of hydrogen-bond donors (Lipinski definition) is 1. The molecule has 1 aromatic heterocycles. The first kappa shape index (κ1) is 17.5. The third kappa shape index (κ3) is 3.63. The second kappa shape index (κ2) is 7.35. The largest absolute Gasteiger partial charge is 0.508 e. The van der Waals surface area contributed by atoms with E-state index in [-0.39, 0.29) is 11.7 Å². The molecule has 1 N–H and O–H groups in total. The lowest BCUT2D eigenvalue weighted by molar-refractivity contribution is -0.130. The van der Waals surface area contributed by atoms with Gasteiger partial charge in [-0.05, 0) is 42.3 Å². The normalized spacial score (nSPS) is 14.7. The van der Waals surface area contributed by atoms with E-state index in [9.17, 15) is 9.90 Å². The average molecular weight is 364 g/mol. The minimum absolute atomic E-state index is 0.141. The highest BCUT2D eigenvalue weighted by atomic mass is 16.3. The van der Waals surface area contributed by atoms with Crippen LogP contribution in [0.1, 0.15) is 18.1 Å². The van der Waals surface area contributed by atoms with Crippen molar-refractivity contribution in [3.63, 3.8) is 0 Å². The average Bonchev–Trinajstić information content (AvgIpc) is 3.10. The molecule has 1 aliphatic heterocycles. The SMILES string of the molecule is CCc1ccc2c(CC(=O)N3CCN(c4ccc(O)cc4)CC3)coc2c1. The minimum Gasteiger partial charge on any atom is -0.508 e. The second-order valence-corrected chi connectivity index (χ2v) is 7.01. The summed E-state index contributed by atoms with van der Waals surface area (Å²) in [6.45, 7) is 5.11. The van der Waals surface area contributed by atoms with Gasteiger partial charge in [0.15, 0.2) is 0 Å². The number of anilines is 1. The third-order valence-electron chi connectivity index (χ3n) is 5.32. The lowest BCUT2D eigenvalue weighted by Crippen LogP contribution is -2.49. The fraction of sp³-hybridized carbons (Fsp3) is 0.318. The molecule has 1 fully saturated rings. The quantitative estimate of drug-likeness (QED) is 0.769. The van der Waals surface area contributed by atoms with Crippen molar-refractivity contribution in [3.05, 3.63) is 59.9 Å². The lowest BCUT2D eigenvalue weighted by atomic mass is 10.1. The van der Waals surface area contributed by atoms with Crippen molar-refractivity contribution in [2.45, 2.75) is 19.8 Å². The number of aromatic hydroxyl groups is 1. The van der Waals surface area contributed by atoms with Crippen LogP contribution >= 0.6 is 0 Å². The van der Waals surface area contributed by atoms with E-state index in [2.05, 4.69) is 30.0 Å². The Hall–Kier alpha value is -2.95. The van der Waals surface area contributed by atoms with Crippen LogP contribution in [0, 0.1) is 0 Å². The Morgan fingerprint density at radius 2 is 1.81 bits per heavy atom. The van der Waals surface area contributed by atoms with Gasteiger partial charge < -0.3 is 19.3 Å². The maximum absolute atomic E-state index is 12.8. The number of nitrogens with zero attached hydrogens (tertiary/aromatic N) is 2. The van der Waals surface area contributed by atoms with Gasteiger partial charge in [-0.15, -0.1) is 0 Å². The molecular formula is C22H24N2O3. The molecule has 0 aliphatic carbocycles. The zero-order valence-corrected chi connectivity index (χ0v) is 15.5. The van der Waals surface area contributed by atoms with E-state index in [1.165, 1.54) is 5.56 Å². The number of phenols is 1. The van der Waals surface area contributed by atoms with Crippen LogP contribution < -0.4 is 4.90 Å². The zero-order valence-electron chi connectivity index (χ0n) is 15.5. The number of piperazine rings is 1. The number of hydrogen-bond acceptors (Lipinski definition) is 4. The molecule has 2 heterocycles. The van der Waals surface area contributed by atoms with E-state index in [4.69, 9.17) is 4.42 Å². The van der Waals surface area contributed by atoms with E-state index in [1.807, 2.05) is 17.0 Å². The van der Waals surface area contributed by atoms with Crippen molar-refractivity contribution in [1.29, 1.82) is 0 Å². The molecule has 0 radical (unpaired) electrons. The van der Waals surface area contributed by atoms with Crippen LogP contribution in [0.5, 0.6) is 5.75 Å². The summed E-state index contributed by atoms with van der Waals surface area (Å²) < 4.78 is 5.66. The van der Waals surface area contributed by atoms with Gasteiger partial charge in [-0.25, -0.2) is 0 Å². The van der Waals surface area contributed by atoms with Gasteiger partial charge in [0.05, 0.1) is 12.7 Å². The molecule has 1 amide bonds. The first-order valence-corrected chi connectivity index (χ1v) is 9.45. The number of phenolic OH excluding ortho intramolecular Hbond substituents is 1. The molecule has 5 nitrogen and oxygen atoms in total. The van der Waals surface area contributed by atoms with Crippen molar-refractivity contribution in [1.82, 2.24) is 4.90 Å². The number of benzene rings is 2. The molecule has 140 valence electrons. The smallest absolute Gasteiger partial charge is 0.227 e. The molecule has 5 heteroatoms. The Labute approximate surface area is 158 Å². The maximum Gasteiger partial charge on any atom is 0.227 e. The number of furan rings is 1. The summed E-state index contributed by atoms with van der Waals surface area (Å²) in [7, 11) is 0. The molecule has 1 aliphatic rings. The highest BCUT2D eigenvalue weighted by molar-refractivity contribution is 5.88. The van der Waals surface area contributed by atoms with Crippen molar-refractivity contribution in [2.24, 2.45) is 0 Å². The van der Waals surface area contributed by atoms with Crippen LogP contribution in [-0.4, -0.2) is 42.1 Å². The van der Waals surface area contributed by atoms with Crippen LogP contribution in [0.4, 0.5) is 5.69 Å². The zero-order chi connectivity index (χ0) is 18.8. The summed E-state index contributed by atoms with van der Waals surface area (Å²) in [5, 5.41) is 10.4. The predicted octanol–water partition coefficient (Wildman–Crippen LogP) is 3.59. The maximum atomic E-state index is 12.8. The molecule has 0 atom stereocenters. The predicted molar refractivity (Wildman–Crippen MR) is 106 cm³/mol. The van der Waals surface area contributed by atoms with Crippen molar-refractivity contribution < 1.29 is 14.3 Å². The molecular weight excluding hydrogens is 340 g/mol. The summed E-state index contributed by atoms with van der Waals surface area (Å²) in [4.78, 5) is 16.9. The number of rotatable bonds is 4. The molecule has 2 aromatic carbocycles. The fourth-order valence-corrected chi connectivity index (χ4v) is 3.64. The van der Waals surface area contributed by atoms with E-state index >= 15 is 0 Å². The van der Waals surface area contributed by atoms with E-state index in [0.717, 1.165) is 41.7 Å². The highest BCUT2D eigenvalue weighted by Crippen LogP contribution is 2.24. The minimum atomic E-state index is 0.141. The first-order valence-electron chi connectivity index (χ1n) is 9.45. The van der Waals surface area contributed by atoms with E-state index in [1.54, 1.807) is 18.4 Å². The number of carbonyl (C=O) groups is 1. The Morgan fingerprint density at radius 3 is 2.52 bits per heavy atom. The van der Waals surface area contributed by atoms with Gasteiger partial charge in [0.1, 0.15) is 11.3 Å². The Kier molecular flexibility index (Phi) is 4.75. The summed E-state index contributed by atoms with van der Waals surface area (Å²) in [6.07, 6.45) is 3.06. The van der Waals surface area contributed by atoms with Gasteiger partial charge in [-0.1, -0.05) is 19.1 Å². The Balaban J connectivity index is 1.39. The molecule has 3 aromatic rings. The third-order valence-corrected chi connectivity index (χ3v) is 5.32. The van der Waals surface area contributed by atoms with Crippen molar-refractivity contribution in [3.8, 4) is 5.75 Å². The van der Waals surface area contributed by atoms with Crippen LogP contribution in [-0.2, 0) is 17.6 Å². The summed E-state index contributed by atoms with van der Waals surface area (Å²) in [5.74, 6) is 0.411. The van der Waals surface area contributed by atoms with Gasteiger partial charge >= 0.3 is 0 Å². The molecule has 27 heavy (non-hydrogen) atoms. The van der Waals surface area contributed by atoms with Crippen LogP contribution in [0.3, 0.4) is 0 Å². The number of amides is 1. The monoisotopic (exact) mass is 364 g/mol. The number of fused-ring (bicyclic) bond motifs is 1. The van der Waals surface area contributed by atoms with Crippen LogP contribution in [0.2, 0.25) is 0 Å². The van der Waals surface area contributed by atoms with Gasteiger partial charge in [0.25, 0.3) is 0 Å². The molecule has 0 saturated carbocycles. The van der Waals surface area contributed by atoms with Gasteiger partial charge in [-0.2, -0.15) is 0 Å². The van der Waals surface area contributed by atoms with E-state index in [0.29, 0.717) is 19.5 Å².